The molecular weight excluding hydrogens is 318 g/mol. The number of nitrogens with zero attached hydrogens (tertiary/aromatic N) is 1. The van der Waals surface area contributed by atoms with Gasteiger partial charge < -0.3 is 15.5 Å². The van der Waals surface area contributed by atoms with Gasteiger partial charge in [0.25, 0.3) is 5.91 Å². The topological polar surface area (TPSA) is 78.5 Å². The minimum absolute atomic E-state index is 0.0710. The third-order valence-corrected chi connectivity index (χ3v) is 4.51. The highest BCUT2D eigenvalue weighted by molar-refractivity contribution is 5.98. The van der Waals surface area contributed by atoms with E-state index in [0.717, 1.165) is 12.8 Å². The van der Waals surface area contributed by atoms with Crippen molar-refractivity contribution < 1.29 is 14.4 Å². The molecule has 1 heterocycles. The SMILES string of the molecule is CCC(C)NC(=O)CCNC(=O)C1CCCN1C(=O)c1ccccc1. The van der Waals surface area contributed by atoms with Crippen LogP contribution < -0.4 is 10.6 Å². The summed E-state index contributed by atoms with van der Waals surface area (Å²) in [5.74, 6) is -0.371. The highest BCUT2D eigenvalue weighted by atomic mass is 16.2. The Labute approximate surface area is 149 Å². The van der Waals surface area contributed by atoms with E-state index in [4.69, 9.17) is 0 Å². The van der Waals surface area contributed by atoms with Crippen molar-refractivity contribution in [1.29, 1.82) is 0 Å². The molecule has 2 rings (SSSR count). The smallest absolute Gasteiger partial charge is 0.254 e. The number of carbonyl (C=O) groups is 3. The summed E-state index contributed by atoms with van der Waals surface area (Å²) in [7, 11) is 0. The summed E-state index contributed by atoms with van der Waals surface area (Å²) in [5, 5.41) is 5.66. The molecule has 6 nitrogen and oxygen atoms in total. The molecule has 0 aromatic heterocycles. The molecule has 0 radical (unpaired) electrons. The van der Waals surface area contributed by atoms with Gasteiger partial charge in [0.2, 0.25) is 11.8 Å². The Morgan fingerprint density at radius 3 is 2.64 bits per heavy atom. The lowest BCUT2D eigenvalue weighted by Gasteiger charge is -2.24. The first-order valence-electron chi connectivity index (χ1n) is 8.96. The first-order valence-corrected chi connectivity index (χ1v) is 8.96. The minimum atomic E-state index is -0.453. The van der Waals surface area contributed by atoms with Crippen molar-refractivity contribution in [2.24, 2.45) is 0 Å². The van der Waals surface area contributed by atoms with Crippen LogP contribution in [-0.4, -0.2) is 47.8 Å². The van der Waals surface area contributed by atoms with Crippen molar-refractivity contribution in [1.82, 2.24) is 15.5 Å². The lowest BCUT2D eigenvalue weighted by atomic mass is 10.1. The monoisotopic (exact) mass is 345 g/mol. The number of hydrogen-bond donors (Lipinski definition) is 2. The Balaban J connectivity index is 1.84. The van der Waals surface area contributed by atoms with E-state index in [1.165, 1.54) is 0 Å². The first kappa shape index (κ1) is 19.0. The number of rotatable bonds is 7. The second kappa shape index (κ2) is 9.20. The minimum Gasteiger partial charge on any atom is -0.354 e. The molecule has 6 heteroatoms. The van der Waals surface area contributed by atoms with Crippen molar-refractivity contribution >= 4 is 17.7 Å². The maximum Gasteiger partial charge on any atom is 0.254 e. The van der Waals surface area contributed by atoms with Gasteiger partial charge in [0.05, 0.1) is 0 Å². The fraction of sp³-hybridized carbons (Fsp3) is 0.526. The molecule has 1 fully saturated rings. The van der Waals surface area contributed by atoms with E-state index in [1.54, 1.807) is 17.0 Å². The van der Waals surface area contributed by atoms with Crippen molar-refractivity contribution in [2.75, 3.05) is 13.1 Å². The van der Waals surface area contributed by atoms with Gasteiger partial charge in [0, 0.05) is 31.1 Å². The Bertz CT molecular complexity index is 603. The highest BCUT2D eigenvalue weighted by Crippen LogP contribution is 2.20. The predicted molar refractivity (Wildman–Crippen MR) is 96.0 cm³/mol. The summed E-state index contributed by atoms with van der Waals surface area (Å²) in [6, 6.07) is 8.68. The van der Waals surface area contributed by atoms with Crippen molar-refractivity contribution in [2.45, 2.75) is 51.6 Å². The van der Waals surface area contributed by atoms with Crippen LogP contribution in [0.1, 0.15) is 49.9 Å². The fourth-order valence-electron chi connectivity index (χ4n) is 2.90. The van der Waals surface area contributed by atoms with Gasteiger partial charge in [-0.25, -0.2) is 0 Å². The van der Waals surface area contributed by atoms with E-state index in [0.29, 0.717) is 18.5 Å². The third kappa shape index (κ3) is 5.31. The maximum absolute atomic E-state index is 12.6. The van der Waals surface area contributed by atoms with E-state index < -0.39 is 6.04 Å². The van der Waals surface area contributed by atoms with Crippen LogP contribution in [0.3, 0.4) is 0 Å². The van der Waals surface area contributed by atoms with Crippen LogP contribution in [0.4, 0.5) is 0 Å². The predicted octanol–water partition coefficient (Wildman–Crippen LogP) is 1.71. The van der Waals surface area contributed by atoms with Crippen LogP contribution in [0.2, 0.25) is 0 Å². The van der Waals surface area contributed by atoms with Gasteiger partial charge >= 0.3 is 0 Å². The Kier molecular flexibility index (Phi) is 6.98. The van der Waals surface area contributed by atoms with Crippen LogP contribution in [0, 0.1) is 0 Å². The van der Waals surface area contributed by atoms with E-state index in [2.05, 4.69) is 10.6 Å². The summed E-state index contributed by atoms with van der Waals surface area (Å²) < 4.78 is 0. The van der Waals surface area contributed by atoms with Crippen molar-refractivity contribution in [3.63, 3.8) is 0 Å². The fourth-order valence-corrected chi connectivity index (χ4v) is 2.90. The van der Waals surface area contributed by atoms with Crippen LogP contribution in [0.15, 0.2) is 30.3 Å². The van der Waals surface area contributed by atoms with Gasteiger partial charge in [0.15, 0.2) is 0 Å². The summed E-state index contributed by atoms with van der Waals surface area (Å²) in [6.45, 7) is 4.82. The molecule has 0 spiro atoms. The van der Waals surface area contributed by atoms with Crippen LogP contribution in [-0.2, 0) is 9.59 Å². The molecule has 1 aliphatic rings. The van der Waals surface area contributed by atoms with Crippen LogP contribution in [0.5, 0.6) is 0 Å². The average Bonchev–Trinajstić information content (AvgIpc) is 3.11. The van der Waals surface area contributed by atoms with E-state index in [1.807, 2.05) is 32.0 Å². The molecule has 2 atom stereocenters. The summed E-state index contributed by atoms with van der Waals surface area (Å²) in [5.41, 5.74) is 0.593. The molecule has 1 aromatic carbocycles. The normalized spacial score (nSPS) is 17.8. The molecule has 25 heavy (non-hydrogen) atoms. The summed E-state index contributed by atoms with van der Waals surface area (Å²) >= 11 is 0. The molecule has 3 amide bonds. The second-order valence-electron chi connectivity index (χ2n) is 6.44. The van der Waals surface area contributed by atoms with Crippen molar-refractivity contribution in [3.8, 4) is 0 Å². The molecule has 0 bridgehead atoms. The van der Waals surface area contributed by atoms with Gasteiger partial charge in [-0.2, -0.15) is 0 Å². The van der Waals surface area contributed by atoms with Gasteiger partial charge in [0.1, 0.15) is 6.04 Å². The zero-order valence-electron chi connectivity index (χ0n) is 15.0. The van der Waals surface area contributed by atoms with E-state index in [-0.39, 0.29) is 36.7 Å². The Morgan fingerprint density at radius 1 is 1.24 bits per heavy atom. The number of benzene rings is 1. The van der Waals surface area contributed by atoms with E-state index >= 15 is 0 Å². The first-order chi connectivity index (χ1) is 12.0. The van der Waals surface area contributed by atoms with Crippen LogP contribution >= 0.6 is 0 Å². The van der Waals surface area contributed by atoms with Crippen molar-refractivity contribution in [3.05, 3.63) is 35.9 Å². The lowest BCUT2D eigenvalue weighted by Crippen LogP contribution is -2.46. The number of hydrogen-bond acceptors (Lipinski definition) is 3. The van der Waals surface area contributed by atoms with Gasteiger partial charge in [-0.05, 0) is 38.3 Å². The second-order valence-corrected chi connectivity index (χ2v) is 6.44. The molecule has 2 N–H and O–H groups in total. The lowest BCUT2D eigenvalue weighted by molar-refractivity contribution is -0.125. The quantitative estimate of drug-likeness (QED) is 0.790. The summed E-state index contributed by atoms with van der Waals surface area (Å²) in [6.07, 6.45) is 2.58. The highest BCUT2D eigenvalue weighted by Gasteiger charge is 2.34. The molecule has 0 saturated carbocycles. The molecule has 136 valence electrons. The van der Waals surface area contributed by atoms with Gasteiger partial charge in [-0.15, -0.1) is 0 Å². The van der Waals surface area contributed by atoms with Gasteiger partial charge in [-0.3, -0.25) is 14.4 Å². The molecule has 1 aromatic rings. The number of likely N-dealkylation sites (tertiary alicyclic amines) is 1. The molecule has 1 aliphatic heterocycles. The summed E-state index contributed by atoms with van der Waals surface area (Å²) in [4.78, 5) is 38.4. The standard InChI is InChI=1S/C19H27N3O3/c1-3-14(2)21-17(23)11-12-20-18(24)16-10-7-13-22(16)19(25)15-8-5-4-6-9-15/h4-6,8-9,14,16H,3,7,10-13H2,1-2H3,(H,20,24)(H,21,23). The molecule has 0 aliphatic carbocycles. The average molecular weight is 345 g/mol. The molecule has 2 unspecified atom stereocenters. The van der Waals surface area contributed by atoms with E-state index in [9.17, 15) is 14.4 Å². The number of carbonyl (C=O) groups excluding carboxylic acids is 3. The maximum atomic E-state index is 12.6. The molecular formula is C19H27N3O3. The number of amides is 3. The third-order valence-electron chi connectivity index (χ3n) is 4.51. The molecule has 1 saturated heterocycles. The number of nitrogens with one attached hydrogen (secondary N) is 2. The van der Waals surface area contributed by atoms with Crippen LogP contribution in [0.25, 0.3) is 0 Å². The zero-order chi connectivity index (χ0) is 18.2. The largest absolute Gasteiger partial charge is 0.354 e. The Hall–Kier alpha value is -2.37. The zero-order valence-corrected chi connectivity index (χ0v) is 15.0. The Morgan fingerprint density at radius 2 is 1.96 bits per heavy atom. The van der Waals surface area contributed by atoms with Gasteiger partial charge in [-0.1, -0.05) is 25.1 Å².